The fourth-order valence-electron chi connectivity index (χ4n) is 2.41. The standard InChI is InChI=1S/C13H18ClN5S/c1-18-6-8-19(9-7-18)5-4-15-12-10(14)2-3-11-13(12)17-20-16-11/h2-3,15H,4-9H2,1H3. The van der Waals surface area contributed by atoms with Crippen LogP contribution in [0.4, 0.5) is 5.69 Å². The molecule has 0 atom stereocenters. The molecule has 0 unspecified atom stereocenters. The molecular weight excluding hydrogens is 294 g/mol. The Balaban J connectivity index is 1.60. The molecule has 1 N–H and O–H groups in total. The van der Waals surface area contributed by atoms with Crippen molar-refractivity contribution >= 4 is 40.0 Å². The van der Waals surface area contributed by atoms with E-state index in [0.29, 0.717) is 5.02 Å². The molecule has 1 aromatic heterocycles. The van der Waals surface area contributed by atoms with Crippen LogP contribution in [0.3, 0.4) is 0 Å². The van der Waals surface area contributed by atoms with Crippen LogP contribution in [0.5, 0.6) is 0 Å². The van der Waals surface area contributed by atoms with Crippen molar-refractivity contribution in [3.8, 4) is 0 Å². The van der Waals surface area contributed by atoms with Crippen LogP contribution < -0.4 is 5.32 Å². The number of likely N-dealkylation sites (N-methyl/N-ethyl adjacent to an activating group) is 1. The summed E-state index contributed by atoms with van der Waals surface area (Å²) in [5.41, 5.74) is 2.69. The van der Waals surface area contributed by atoms with E-state index in [9.17, 15) is 0 Å². The van der Waals surface area contributed by atoms with Gasteiger partial charge in [0.2, 0.25) is 0 Å². The third kappa shape index (κ3) is 3.03. The van der Waals surface area contributed by atoms with E-state index in [-0.39, 0.29) is 0 Å². The first-order chi connectivity index (χ1) is 9.74. The number of rotatable bonds is 4. The van der Waals surface area contributed by atoms with Crippen molar-refractivity contribution in [3.63, 3.8) is 0 Å². The lowest BCUT2D eigenvalue weighted by Crippen LogP contribution is -2.45. The van der Waals surface area contributed by atoms with E-state index in [1.165, 1.54) is 11.7 Å². The average molecular weight is 312 g/mol. The van der Waals surface area contributed by atoms with Gasteiger partial charge in [-0.15, -0.1) is 0 Å². The van der Waals surface area contributed by atoms with Crippen LogP contribution >= 0.6 is 23.3 Å². The summed E-state index contributed by atoms with van der Waals surface area (Å²) in [6.07, 6.45) is 0. The topological polar surface area (TPSA) is 44.3 Å². The van der Waals surface area contributed by atoms with Gasteiger partial charge in [0.15, 0.2) is 0 Å². The van der Waals surface area contributed by atoms with Gasteiger partial charge in [0, 0.05) is 39.3 Å². The van der Waals surface area contributed by atoms with Gasteiger partial charge in [-0.1, -0.05) is 11.6 Å². The summed E-state index contributed by atoms with van der Waals surface area (Å²) in [5.74, 6) is 0. The Morgan fingerprint density at radius 3 is 2.85 bits per heavy atom. The maximum atomic E-state index is 6.25. The van der Waals surface area contributed by atoms with Gasteiger partial charge >= 0.3 is 0 Å². The zero-order valence-electron chi connectivity index (χ0n) is 11.5. The number of hydrogen-bond acceptors (Lipinski definition) is 6. The minimum Gasteiger partial charge on any atom is -0.381 e. The number of hydrogen-bond donors (Lipinski definition) is 1. The molecule has 2 heterocycles. The van der Waals surface area contributed by atoms with E-state index in [4.69, 9.17) is 11.6 Å². The molecule has 108 valence electrons. The monoisotopic (exact) mass is 311 g/mol. The van der Waals surface area contributed by atoms with Gasteiger partial charge in [0.05, 0.1) is 22.4 Å². The lowest BCUT2D eigenvalue weighted by molar-refractivity contribution is 0.158. The van der Waals surface area contributed by atoms with Crippen LogP contribution in [0.15, 0.2) is 12.1 Å². The van der Waals surface area contributed by atoms with E-state index in [1.807, 2.05) is 12.1 Å². The van der Waals surface area contributed by atoms with Crippen LogP contribution in [-0.4, -0.2) is 64.9 Å². The van der Waals surface area contributed by atoms with E-state index in [2.05, 4.69) is 30.9 Å². The Kier molecular flexibility index (Phi) is 4.35. The highest BCUT2D eigenvalue weighted by Crippen LogP contribution is 2.29. The number of halogens is 1. The Morgan fingerprint density at radius 1 is 1.25 bits per heavy atom. The molecule has 3 rings (SSSR count). The maximum Gasteiger partial charge on any atom is 0.129 e. The smallest absolute Gasteiger partial charge is 0.129 e. The van der Waals surface area contributed by atoms with Gasteiger partial charge in [0.1, 0.15) is 11.0 Å². The Hall–Kier alpha value is -0.950. The second-order valence-electron chi connectivity index (χ2n) is 5.13. The quantitative estimate of drug-likeness (QED) is 0.935. The van der Waals surface area contributed by atoms with Crippen molar-refractivity contribution in [2.24, 2.45) is 0 Å². The number of nitrogens with zero attached hydrogens (tertiary/aromatic N) is 4. The fraction of sp³-hybridized carbons (Fsp3) is 0.538. The first-order valence-corrected chi connectivity index (χ1v) is 7.90. The van der Waals surface area contributed by atoms with Crippen molar-refractivity contribution in [3.05, 3.63) is 17.2 Å². The second-order valence-corrected chi connectivity index (χ2v) is 6.06. The third-order valence-corrected chi connectivity index (χ3v) is 4.56. The van der Waals surface area contributed by atoms with E-state index in [1.54, 1.807) is 0 Å². The molecule has 20 heavy (non-hydrogen) atoms. The SMILES string of the molecule is CN1CCN(CCNc2c(Cl)ccc3nsnc23)CC1. The molecule has 0 radical (unpaired) electrons. The zero-order valence-corrected chi connectivity index (χ0v) is 13.0. The summed E-state index contributed by atoms with van der Waals surface area (Å²) >= 11 is 7.48. The Morgan fingerprint density at radius 2 is 2.05 bits per heavy atom. The Bertz CT molecular complexity index is 579. The first kappa shape index (κ1) is 14.0. The van der Waals surface area contributed by atoms with E-state index < -0.39 is 0 Å². The van der Waals surface area contributed by atoms with Crippen molar-refractivity contribution < 1.29 is 0 Å². The summed E-state index contributed by atoms with van der Waals surface area (Å²) in [5, 5.41) is 4.13. The lowest BCUT2D eigenvalue weighted by atomic mass is 10.2. The van der Waals surface area contributed by atoms with E-state index >= 15 is 0 Å². The lowest BCUT2D eigenvalue weighted by Gasteiger charge is -2.32. The van der Waals surface area contributed by atoms with Gasteiger partial charge in [0.25, 0.3) is 0 Å². The predicted octanol–water partition coefficient (Wildman–Crippen LogP) is 2.00. The number of benzene rings is 1. The van der Waals surface area contributed by atoms with Gasteiger partial charge in [-0.2, -0.15) is 8.75 Å². The summed E-state index contributed by atoms with van der Waals surface area (Å²) in [6.45, 7) is 6.46. The summed E-state index contributed by atoms with van der Waals surface area (Å²) < 4.78 is 8.56. The van der Waals surface area contributed by atoms with Crippen LogP contribution in [-0.2, 0) is 0 Å². The number of aromatic nitrogens is 2. The largest absolute Gasteiger partial charge is 0.381 e. The summed E-state index contributed by atoms with van der Waals surface area (Å²) in [6, 6.07) is 3.79. The molecule has 7 heteroatoms. The highest BCUT2D eigenvalue weighted by Gasteiger charge is 2.14. The van der Waals surface area contributed by atoms with Crippen LogP contribution in [0.2, 0.25) is 5.02 Å². The van der Waals surface area contributed by atoms with Crippen molar-refractivity contribution in [1.82, 2.24) is 18.5 Å². The molecule has 0 saturated carbocycles. The van der Waals surface area contributed by atoms with Gasteiger partial charge < -0.3 is 10.2 Å². The van der Waals surface area contributed by atoms with E-state index in [0.717, 1.165) is 56.0 Å². The predicted molar refractivity (Wildman–Crippen MR) is 84.9 cm³/mol. The normalized spacial score (nSPS) is 17.7. The highest BCUT2D eigenvalue weighted by molar-refractivity contribution is 7.00. The Labute approximate surface area is 127 Å². The molecule has 0 bridgehead atoms. The molecule has 1 aliphatic rings. The number of nitrogens with one attached hydrogen (secondary N) is 1. The molecule has 1 fully saturated rings. The molecule has 0 spiro atoms. The molecule has 5 nitrogen and oxygen atoms in total. The average Bonchev–Trinajstić information content (AvgIpc) is 2.92. The molecular formula is C13H18ClN5S. The van der Waals surface area contributed by atoms with Gasteiger partial charge in [-0.3, -0.25) is 4.90 Å². The van der Waals surface area contributed by atoms with Gasteiger partial charge in [-0.25, -0.2) is 0 Å². The fourth-order valence-corrected chi connectivity index (χ4v) is 3.17. The van der Waals surface area contributed by atoms with Crippen molar-refractivity contribution in [2.45, 2.75) is 0 Å². The molecule has 1 aliphatic heterocycles. The zero-order chi connectivity index (χ0) is 13.9. The minimum absolute atomic E-state index is 0.712. The maximum absolute atomic E-state index is 6.25. The summed E-state index contributed by atoms with van der Waals surface area (Å²) in [4.78, 5) is 4.84. The number of piperazine rings is 1. The number of fused-ring (bicyclic) bond motifs is 1. The van der Waals surface area contributed by atoms with Crippen LogP contribution in [0.25, 0.3) is 11.0 Å². The molecule has 1 aromatic carbocycles. The van der Waals surface area contributed by atoms with Gasteiger partial charge in [-0.05, 0) is 19.2 Å². The van der Waals surface area contributed by atoms with Crippen LogP contribution in [0, 0.1) is 0 Å². The molecule has 0 aliphatic carbocycles. The molecule has 0 amide bonds. The second kappa shape index (κ2) is 6.22. The molecule has 1 saturated heterocycles. The summed E-state index contributed by atoms with van der Waals surface area (Å²) in [7, 11) is 2.17. The number of anilines is 1. The van der Waals surface area contributed by atoms with Crippen molar-refractivity contribution in [1.29, 1.82) is 0 Å². The minimum atomic E-state index is 0.712. The highest BCUT2D eigenvalue weighted by atomic mass is 35.5. The van der Waals surface area contributed by atoms with Crippen LogP contribution in [0.1, 0.15) is 0 Å². The third-order valence-electron chi connectivity index (χ3n) is 3.70. The first-order valence-electron chi connectivity index (χ1n) is 6.79. The molecule has 2 aromatic rings. The van der Waals surface area contributed by atoms with Crippen molar-refractivity contribution in [2.75, 3.05) is 51.6 Å².